The van der Waals surface area contributed by atoms with Gasteiger partial charge < -0.3 is 20.4 Å². The number of benzene rings is 4. The first kappa shape index (κ1) is 33.2. The van der Waals surface area contributed by atoms with Crippen molar-refractivity contribution in [3.05, 3.63) is 116 Å². The van der Waals surface area contributed by atoms with Crippen LogP contribution < -0.4 is 0 Å². The Hall–Kier alpha value is -3.34. The number of hydrogen-bond acceptors (Lipinski definition) is 4. The van der Waals surface area contributed by atoms with E-state index < -0.39 is 0 Å². The first-order valence-corrected chi connectivity index (χ1v) is 14.7. The third kappa shape index (κ3) is 7.93. The first-order chi connectivity index (χ1) is 19.3. The summed E-state index contributed by atoms with van der Waals surface area (Å²) < 4.78 is 0. The maximum absolute atomic E-state index is 10.3. The van der Waals surface area contributed by atoms with Crippen LogP contribution in [0.4, 0.5) is 0 Å². The van der Waals surface area contributed by atoms with Gasteiger partial charge in [-0.15, -0.1) is 0 Å². The van der Waals surface area contributed by atoms with Crippen molar-refractivity contribution in [2.75, 3.05) is 0 Å². The minimum absolute atomic E-state index is 0.123. The van der Waals surface area contributed by atoms with Crippen LogP contribution in [0.5, 0.6) is 23.0 Å². The fourth-order valence-corrected chi connectivity index (χ4v) is 5.20. The molecule has 0 atom stereocenters. The lowest BCUT2D eigenvalue weighted by atomic mass is 9.73. The molecule has 0 aliphatic rings. The van der Waals surface area contributed by atoms with Crippen LogP contribution in [-0.4, -0.2) is 20.4 Å². The van der Waals surface area contributed by atoms with Crippen LogP contribution in [0.2, 0.25) is 10.0 Å². The number of halogens is 2. The highest BCUT2D eigenvalue weighted by Crippen LogP contribution is 2.40. The Morgan fingerprint density at radius 2 is 0.810 bits per heavy atom. The average Bonchev–Trinajstić information content (AvgIpc) is 2.87. The molecule has 0 saturated carbocycles. The Labute approximate surface area is 260 Å². The van der Waals surface area contributed by atoms with E-state index >= 15 is 0 Å². The second-order valence-corrected chi connectivity index (χ2v) is 14.2. The largest absolute Gasteiger partial charge is 0.508 e. The molecule has 42 heavy (non-hydrogen) atoms. The molecule has 0 unspecified atom stereocenters. The molecule has 0 aliphatic carbocycles. The van der Waals surface area contributed by atoms with Crippen molar-refractivity contribution >= 4 is 23.2 Å². The molecule has 0 bridgehead atoms. The number of phenolic OH excluding ortho intramolecular Hbond substituents is 4. The van der Waals surface area contributed by atoms with Gasteiger partial charge in [0.15, 0.2) is 0 Å². The molecule has 0 aliphatic heterocycles. The van der Waals surface area contributed by atoms with Gasteiger partial charge >= 0.3 is 0 Å². The second-order valence-electron chi connectivity index (χ2n) is 13.3. The van der Waals surface area contributed by atoms with E-state index in [0.29, 0.717) is 39.1 Å². The monoisotopic (exact) mass is 608 g/mol. The molecule has 4 rings (SSSR count). The summed E-state index contributed by atoms with van der Waals surface area (Å²) in [6.45, 7) is 17.0. The normalized spacial score (nSPS) is 12.0. The highest BCUT2D eigenvalue weighted by atomic mass is 35.5. The topological polar surface area (TPSA) is 80.9 Å². The van der Waals surface area contributed by atoms with E-state index in [-0.39, 0.29) is 27.7 Å². The molecule has 4 aromatic carbocycles. The van der Waals surface area contributed by atoms with Crippen LogP contribution in [0.3, 0.4) is 0 Å². The van der Waals surface area contributed by atoms with Crippen molar-refractivity contribution in [3.8, 4) is 23.0 Å². The van der Waals surface area contributed by atoms with Crippen LogP contribution >= 0.6 is 23.2 Å². The minimum atomic E-state index is -0.235. The van der Waals surface area contributed by atoms with Gasteiger partial charge in [-0.25, -0.2) is 0 Å². The Bertz CT molecular complexity index is 1450. The van der Waals surface area contributed by atoms with Gasteiger partial charge in [0.2, 0.25) is 0 Å². The lowest BCUT2D eigenvalue weighted by molar-refractivity contribution is 0.444. The van der Waals surface area contributed by atoms with Crippen LogP contribution in [0.15, 0.2) is 72.8 Å². The number of aromatic hydroxyl groups is 4. The summed E-state index contributed by atoms with van der Waals surface area (Å²) in [6, 6.07) is 21.4. The van der Waals surface area contributed by atoms with Crippen LogP contribution in [-0.2, 0) is 22.7 Å². The summed E-state index contributed by atoms with van der Waals surface area (Å²) in [5.41, 5.74) is 5.03. The highest BCUT2D eigenvalue weighted by molar-refractivity contribution is 6.31. The average molecular weight is 610 g/mol. The predicted molar refractivity (Wildman–Crippen MR) is 175 cm³/mol. The number of hydrogen-bond donors (Lipinski definition) is 4. The smallest absolute Gasteiger partial charge is 0.119 e. The molecule has 4 N–H and O–H groups in total. The fourth-order valence-electron chi connectivity index (χ4n) is 4.81. The van der Waals surface area contributed by atoms with Gasteiger partial charge in [0.05, 0.1) is 0 Å². The molecule has 0 fully saturated rings. The molecule has 4 nitrogen and oxygen atoms in total. The molecule has 0 radical (unpaired) electrons. The van der Waals surface area contributed by atoms with E-state index in [0.717, 1.165) is 22.3 Å². The van der Waals surface area contributed by atoms with Crippen molar-refractivity contribution in [3.63, 3.8) is 0 Å². The van der Waals surface area contributed by atoms with Crippen molar-refractivity contribution in [2.24, 2.45) is 0 Å². The molecule has 0 aromatic heterocycles. The van der Waals surface area contributed by atoms with E-state index in [1.165, 1.54) is 12.1 Å². The van der Waals surface area contributed by atoms with Crippen molar-refractivity contribution in [1.82, 2.24) is 0 Å². The van der Waals surface area contributed by atoms with Crippen LogP contribution in [0, 0.1) is 0 Å². The van der Waals surface area contributed by atoms with Gasteiger partial charge in [0.1, 0.15) is 23.0 Å². The molecular formula is C36H42Cl2O4. The molecule has 4 aromatic rings. The van der Waals surface area contributed by atoms with E-state index in [1.54, 1.807) is 36.4 Å². The Morgan fingerprint density at radius 1 is 0.476 bits per heavy atom. The van der Waals surface area contributed by atoms with Gasteiger partial charge in [0, 0.05) is 21.9 Å². The van der Waals surface area contributed by atoms with Gasteiger partial charge in [-0.05, 0) is 92.7 Å². The van der Waals surface area contributed by atoms with Gasteiger partial charge in [-0.3, -0.25) is 0 Å². The molecule has 224 valence electrons. The Morgan fingerprint density at radius 3 is 1.14 bits per heavy atom. The molecular weight excluding hydrogens is 567 g/mol. The second kappa shape index (κ2) is 12.5. The van der Waals surface area contributed by atoms with Crippen molar-refractivity contribution < 1.29 is 20.4 Å². The zero-order valence-corrected chi connectivity index (χ0v) is 27.2. The zero-order valence-electron chi connectivity index (χ0n) is 25.7. The molecule has 0 amide bonds. The van der Waals surface area contributed by atoms with Gasteiger partial charge in [-0.1, -0.05) is 103 Å². The van der Waals surface area contributed by atoms with Gasteiger partial charge in [-0.2, -0.15) is 0 Å². The van der Waals surface area contributed by atoms with Crippen molar-refractivity contribution in [2.45, 2.75) is 78.1 Å². The standard InChI is InChI=1S/C23H32O2.C13H10Cl2O2/c1-21(2,3)17-13-15(9-11-19(17)24)23(7,8)16-10-12-20(25)18(14-16)22(4,5)6;14-10-1-3-12(16)8(6-10)5-9-7-11(15)2-4-13(9)17/h9-14,24-25H,1-8H3;1-4,6-7,16-17H,5H2. The minimum Gasteiger partial charge on any atom is -0.508 e. The summed E-state index contributed by atoms with van der Waals surface area (Å²) >= 11 is 11.7. The highest BCUT2D eigenvalue weighted by Gasteiger charge is 2.29. The molecule has 6 heteroatoms. The van der Waals surface area contributed by atoms with E-state index in [4.69, 9.17) is 23.2 Å². The van der Waals surface area contributed by atoms with E-state index in [1.807, 2.05) is 12.1 Å². The summed E-state index contributed by atoms with van der Waals surface area (Å²) in [4.78, 5) is 0. The summed E-state index contributed by atoms with van der Waals surface area (Å²) in [5.74, 6) is 0.976. The van der Waals surface area contributed by atoms with Gasteiger partial charge in [0.25, 0.3) is 0 Å². The van der Waals surface area contributed by atoms with Crippen LogP contribution in [0.25, 0.3) is 0 Å². The SMILES string of the molecule is CC(C)(C)c1cc(C(C)(C)c2ccc(O)c(C(C)(C)C)c2)ccc1O.Oc1ccc(Cl)cc1Cc1cc(Cl)ccc1O. The summed E-state index contributed by atoms with van der Waals surface area (Å²) in [5, 5.41) is 41.0. The molecule has 0 saturated heterocycles. The summed E-state index contributed by atoms with van der Waals surface area (Å²) in [6.07, 6.45) is 0.374. The third-order valence-electron chi connectivity index (χ3n) is 7.52. The van der Waals surface area contributed by atoms with Crippen molar-refractivity contribution in [1.29, 1.82) is 0 Å². The third-order valence-corrected chi connectivity index (χ3v) is 7.99. The van der Waals surface area contributed by atoms with E-state index in [2.05, 4.69) is 67.5 Å². The quantitative estimate of drug-likeness (QED) is 0.186. The maximum atomic E-state index is 10.3. The number of phenols is 4. The predicted octanol–water partition coefficient (Wildman–Crippen LogP) is 10.0. The Balaban J connectivity index is 0.000000247. The zero-order chi connectivity index (χ0) is 31.6. The lowest BCUT2D eigenvalue weighted by Gasteiger charge is -2.31. The number of rotatable bonds is 4. The van der Waals surface area contributed by atoms with E-state index in [9.17, 15) is 20.4 Å². The fraction of sp³-hybridized carbons (Fsp3) is 0.333. The molecule has 0 heterocycles. The molecule has 0 spiro atoms. The first-order valence-electron chi connectivity index (χ1n) is 13.9. The Kier molecular flexibility index (Phi) is 9.86. The maximum Gasteiger partial charge on any atom is 0.119 e. The summed E-state index contributed by atoms with van der Waals surface area (Å²) in [7, 11) is 0. The lowest BCUT2D eigenvalue weighted by Crippen LogP contribution is -2.22. The van der Waals surface area contributed by atoms with Crippen LogP contribution in [0.1, 0.15) is 88.8 Å².